The Labute approximate surface area is 153 Å². The highest BCUT2D eigenvalue weighted by Crippen LogP contribution is 2.36. The van der Waals surface area contributed by atoms with Crippen molar-refractivity contribution in [2.75, 3.05) is 0 Å². The lowest BCUT2D eigenvalue weighted by molar-refractivity contribution is -0.131. The molecule has 1 saturated heterocycles. The quantitative estimate of drug-likeness (QED) is 0.605. The van der Waals surface area contributed by atoms with Crippen LogP contribution in [0.15, 0.2) is 17.0 Å². The molecule has 1 atom stereocenters. The highest BCUT2D eigenvalue weighted by Gasteiger charge is 2.47. The highest BCUT2D eigenvalue weighted by molar-refractivity contribution is 7.09. The second-order valence-electron chi connectivity index (χ2n) is 7.63. The van der Waals surface area contributed by atoms with Crippen molar-refractivity contribution in [2.24, 2.45) is 0 Å². The summed E-state index contributed by atoms with van der Waals surface area (Å²) in [5.74, 6) is 0.422. The van der Waals surface area contributed by atoms with Crippen molar-refractivity contribution in [2.45, 2.75) is 77.3 Å². The molecule has 1 unspecified atom stereocenters. The van der Waals surface area contributed by atoms with Crippen molar-refractivity contribution in [3.8, 4) is 0 Å². The number of carbonyl (C=O) groups is 2. The van der Waals surface area contributed by atoms with Gasteiger partial charge in [-0.1, -0.05) is 24.5 Å². The fraction of sp³-hybridized carbons (Fsp3) is 0.632. The molecular formula is C19H27N3O2S. The van der Waals surface area contributed by atoms with E-state index >= 15 is 0 Å². The number of hydrogen-bond acceptors (Lipinski definition) is 4. The fourth-order valence-corrected chi connectivity index (χ4v) is 4.61. The maximum absolute atomic E-state index is 12.8. The third-order valence-electron chi connectivity index (χ3n) is 5.14. The number of rotatable bonds is 6. The summed E-state index contributed by atoms with van der Waals surface area (Å²) in [4.78, 5) is 31.1. The van der Waals surface area contributed by atoms with E-state index in [2.05, 4.69) is 11.4 Å². The average molecular weight is 362 g/mol. The second-order valence-corrected chi connectivity index (χ2v) is 8.52. The zero-order valence-corrected chi connectivity index (χ0v) is 16.1. The predicted molar refractivity (Wildman–Crippen MR) is 99.5 cm³/mol. The van der Waals surface area contributed by atoms with Crippen LogP contribution in [0, 0.1) is 0 Å². The molecule has 5 nitrogen and oxygen atoms in total. The molecule has 1 aromatic heterocycles. The normalized spacial score (nSPS) is 24.0. The molecule has 0 spiro atoms. The molecule has 0 bridgehead atoms. The Kier molecular flexibility index (Phi) is 5.27. The lowest BCUT2D eigenvalue weighted by atomic mass is 9.95. The minimum absolute atomic E-state index is 0.143. The SMILES string of the molecule is CC(C)=CCCC1(C)NC(=O)N(Cc2csc(C3CCCC3)n2)C1=O. The molecule has 1 aliphatic heterocycles. The number of urea groups is 1. The Morgan fingerprint density at radius 2 is 2.12 bits per heavy atom. The van der Waals surface area contributed by atoms with E-state index in [9.17, 15) is 9.59 Å². The molecule has 2 aliphatic rings. The lowest BCUT2D eigenvalue weighted by Crippen LogP contribution is -2.43. The molecule has 2 heterocycles. The van der Waals surface area contributed by atoms with Crippen LogP contribution in [0.1, 0.15) is 75.9 Å². The van der Waals surface area contributed by atoms with E-state index in [0.29, 0.717) is 12.3 Å². The van der Waals surface area contributed by atoms with Crippen LogP contribution in [0.3, 0.4) is 0 Å². The van der Waals surface area contributed by atoms with Gasteiger partial charge in [-0.25, -0.2) is 9.78 Å². The number of hydrogen-bond donors (Lipinski definition) is 1. The monoisotopic (exact) mass is 361 g/mol. The molecule has 3 rings (SSSR count). The van der Waals surface area contributed by atoms with Gasteiger partial charge in [-0.2, -0.15) is 0 Å². The average Bonchev–Trinajstić information content (AvgIpc) is 3.25. The number of aromatic nitrogens is 1. The number of nitrogens with zero attached hydrogens (tertiary/aromatic N) is 2. The zero-order chi connectivity index (χ0) is 18.0. The molecule has 0 radical (unpaired) electrons. The van der Waals surface area contributed by atoms with Gasteiger partial charge in [0.15, 0.2) is 0 Å². The van der Waals surface area contributed by atoms with Crippen LogP contribution < -0.4 is 5.32 Å². The first-order valence-corrected chi connectivity index (χ1v) is 9.99. The van der Waals surface area contributed by atoms with Crippen molar-refractivity contribution in [1.29, 1.82) is 0 Å². The summed E-state index contributed by atoms with van der Waals surface area (Å²) in [6.07, 6.45) is 8.46. The lowest BCUT2D eigenvalue weighted by Gasteiger charge is -2.20. The van der Waals surface area contributed by atoms with E-state index in [1.807, 2.05) is 26.2 Å². The number of thiazole rings is 1. The van der Waals surface area contributed by atoms with Gasteiger partial charge in [0.05, 0.1) is 17.2 Å². The first-order valence-electron chi connectivity index (χ1n) is 9.11. The van der Waals surface area contributed by atoms with E-state index < -0.39 is 5.54 Å². The van der Waals surface area contributed by atoms with Crippen molar-refractivity contribution < 1.29 is 9.59 Å². The summed E-state index contributed by atoms with van der Waals surface area (Å²) in [6, 6.07) is -0.305. The van der Waals surface area contributed by atoms with Crippen LogP contribution >= 0.6 is 11.3 Å². The number of carbonyl (C=O) groups excluding carboxylic acids is 2. The molecular weight excluding hydrogens is 334 g/mol. The van der Waals surface area contributed by atoms with E-state index in [0.717, 1.165) is 17.1 Å². The third kappa shape index (κ3) is 3.94. The smallest absolute Gasteiger partial charge is 0.323 e. The maximum Gasteiger partial charge on any atom is 0.325 e. The topological polar surface area (TPSA) is 62.3 Å². The molecule has 1 aliphatic carbocycles. The number of amides is 3. The van der Waals surface area contributed by atoms with Crippen molar-refractivity contribution >= 4 is 23.3 Å². The van der Waals surface area contributed by atoms with E-state index in [4.69, 9.17) is 4.98 Å². The molecule has 1 N–H and O–H groups in total. The van der Waals surface area contributed by atoms with Crippen LogP contribution in [0.4, 0.5) is 4.79 Å². The van der Waals surface area contributed by atoms with Gasteiger partial charge in [0.25, 0.3) is 5.91 Å². The van der Waals surface area contributed by atoms with E-state index in [-0.39, 0.29) is 18.5 Å². The Bertz CT molecular complexity index is 687. The van der Waals surface area contributed by atoms with Gasteiger partial charge < -0.3 is 5.32 Å². The second kappa shape index (κ2) is 7.28. The fourth-order valence-electron chi connectivity index (χ4n) is 3.63. The summed E-state index contributed by atoms with van der Waals surface area (Å²) in [5, 5.41) is 6.02. The van der Waals surface area contributed by atoms with Crippen LogP contribution in [0.2, 0.25) is 0 Å². The molecule has 1 aromatic rings. The summed E-state index contributed by atoms with van der Waals surface area (Å²) < 4.78 is 0. The summed E-state index contributed by atoms with van der Waals surface area (Å²) >= 11 is 1.66. The van der Waals surface area contributed by atoms with Crippen molar-refractivity contribution in [3.05, 3.63) is 27.7 Å². The molecule has 0 aromatic carbocycles. The van der Waals surface area contributed by atoms with Gasteiger partial charge in [0.1, 0.15) is 5.54 Å². The van der Waals surface area contributed by atoms with Crippen molar-refractivity contribution in [1.82, 2.24) is 15.2 Å². The van der Waals surface area contributed by atoms with Crippen molar-refractivity contribution in [3.63, 3.8) is 0 Å². The van der Waals surface area contributed by atoms with Crippen LogP contribution in [0.5, 0.6) is 0 Å². The molecule has 25 heavy (non-hydrogen) atoms. The van der Waals surface area contributed by atoms with Gasteiger partial charge in [-0.3, -0.25) is 9.69 Å². The number of nitrogens with one attached hydrogen (secondary N) is 1. The number of imide groups is 1. The van der Waals surface area contributed by atoms with Gasteiger partial charge in [-0.15, -0.1) is 11.3 Å². The highest BCUT2D eigenvalue weighted by atomic mass is 32.1. The molecule has 136 valence electrons. The largest absolute Gasteiger partial charge is 0.325 e. The minimum Gasteiger partial charge on any atom is -0.323 e. The predicted octanol–water partition coefficient (Wildman–Crippen LogP) is 4.36. The molecule has 3 amide bonds. The van der Waals surface area contributed by atoms with Crippen LogP contribution in [0.25, 0.3) is 0 Å². The Morgan fingerprint density at radius 1 is 1.40 bits per heavy atom. The Hall–Kier alpha value is -1.69. The first kappa shape index (κ1) is 18.1. The molecule has 1 saturated carbocycles. The Balaban J connectivity index is 1.65. The zero-order valence-electron chi connectivity index (χ0n) is 15.3. The molecule has 6 heteroatoms. The van der Waals surface area contributed by atoms with Gasteiger partial charge in [0, 0.05) is 11.3 Å². The summed E-state index contributed by atoms with van der Waals surface area (Å²) in [5.41, 5.74) is 1.23. The van der Waals surface area contributed by atoms with Crippen LogP contribution in [-0.2, 0) is 11.3 Å². The van der Waals surface area contributed by atoms with Gasteiger partial charge in [0.2, 0.25) is 0 Å². The number of allylic oxidation sites excluding steroid dienone is 2. The van der Waals surface area contributed by atoms with Crippen LogP contribution in [-0.4, -0.2) is 27.4 Å². The minimum atomic E-state index is -0.812. The summed E-state index contributed by atoms with van der Waals surface area (Å²) in [6.45, 7) is 6.16. The Morgan fingerprint density at radius 3 is 2.80 bits per heavy atom. The first-order chi connectivity index (χ1) is 11.9. The van der Waals surface area contributed by atoms with E-state index in [1.54, 1.807) is 11.3 Å². The van der Waals surface area contributed by atoms with E-state index in [1.165, 1.54) is 36.2 Å². The van der Waals surface area contributed by atoms with Gasteiger partial charge >= 0.3 is 6.03 Å². The molecule has 2 fully saturated rings. The third-order valence-corrected chi connectivity index (χ3v) is 6.19. The summed E-state index contributed by atoms with van der Waals surface area (Å²) in [7, 11) is 0. The standard InChI is InChI=1S/C19H27N3O2S/c1-13(2)7-6-10-19(3)17(23)22(18(24)21-19)11-15-12-25-16(20-15)14-8-4-5-9-14/h7,12,14H,4-6,8-11H2,1-3H3,(H,21,24). The maximum atomic E-state index is 12.8. The van der Waals surface area contributed by atoms with Gasteiger partial charge in [-0.05, 0) is 46.5 Å².